The third-order valence-corrected chi connectivity index (χ3v) is 2.37. The Bertz CT molecular complexity index is 488. The first-order valence-electron chi connectivity index (χ1n) is 4.30. The van der Waals surface area contributed by atoms with Gasteiger partial charge in [-0.15, -0.1) is 0 Å². The second-order valence-corrected chi connectivity index (χ2v) is 3.21. The molecule has 0 aliphatic heterocycles. The molecule has 1 heterocycles. The lowest BCUT2D eigenvalue weighted by molar-refractivity contribution is 0.616. The first-order valence-corrected chi connectivity index (χ1v) is 4.30. The molecule has 3 N–H and O–H groups in total. The van der Waals surface area contributed by atoms with E-state index < -0.39 is 11.6 Å². The molecule has 1 aromatic heterocycles. The molecule has 0 amide bonds. The van der Waals surface area contributed by atoms with Crippen molar-refractivity contribution in [2.45, 2.75) is 13.5 Å². The molecule has 0 radical (unpaired) electrons. The second kappa shape index (κ2) is 3.06. The van der Waals surface area contributed by atoms with Gasteiger partial charge in [-0.1, -0.05) is 0 Å². The van der Waals surface area contributed by atoms with Crippen LogP contribution in [0.4, 0.5) is 8.78 Å². The largest absolute Gasteiger partial charge is 0.356 e. The summed E-state index contributed by atoms with van der Waals surface area (Å²) in [7, 11) is 0. The standard InChI is InChI=1S/C10H10F2N2/c1-5-6(4-13)9-7(11)2-3-8(12)10(9)14-5/h2-3,14H,4,13H2,1H3. The summed E-state index contributed by atoms with van der Waals surface area (Å²) >= 11 is 0. The summed E-state index contributed by atoms with van der Waals surface area (Å²) in [5.41, 5.74) is 7.02. The molecule has 0 atom stereocenters. The molecule has 0 saturated heterocycles. The van der Waals surface area contributed by atoms with Crippen LogP contribution < -0.4 is 5.73 Å². The third-order valence-electron chi connectivity index (χ3n) is 2.37. The third kappa shape index (κ3) is 1.11. The molecule has 2 nitrogen and oxygen atoms in total. The number of nitrogens with two attached hydrogens (primary N) is 1. The van der Waals surface area contributed by atoms with Crippen LogP contribution in [0.15, 0.2) is 12.1 Å². The van der Waals surface area contributed by atoms with Gasteiger partial charge in [0.15, 0.2) is 0 Å². The van der Waals surface area contributed by atoms with Crippen LogP contribution >= 0.6 is 0 Å². The average Bonchev–Trinajstić information content (AvgIpc) is 2.50. The molecule has 2 aromatic rings. The zero-order valence-corrected chi connectivity index (χ0v) is 7.70. The van der Waals surface area contributed by atoms with E-state index in [4.69, 9.17) is 5.73 Å². The number of fused-ring (bicyclic) bond motifs is 1. The summed E-state index contributed by atoms with van der Waals surface area (Å²) in [6.07, 6.45) is 0. The van der Waals surface area contributed by atoms with Crippen molar-refractivity contribution in [2.75, 3.05) is 0 Å². The lowest BCUT2D eigenvalue weighted by Gasteiger charge is -1.97. The molecule has 0 aliphatic rings. The molecule has 0 spiro atoms. The Balaban J connectivity index is 2.93. The molecular weight excluding hydrogens is 186 g/mol. The van der Waals surface area contributed by atoms with E-state index >= 15 is 0 Å². The average molecular weight is 196 g/mol. The molecule has 0 aliphatic carbocycles. The topological polar surface area (TPSA) is 41.8 Å². The van der Waals surface area contributed by atoms with Crippen molar-refractivity contribution in [3.63, 3.8) is 0 Å². The van der Waals surface area contributed by atoms with Crippen molar-refractivity contribution in [2.24, 2.45) is 5.73 Å². The monoisotopic (exact) mass is 196 g/mol. The van der Waals surface area contributed by atoms with E-state index in [-0.39, 0.29) is 17.4 Å². The smallest absolute Gasteiger partial charge is 0.147 e. The van der Waals surface area contributed by atoms with Crippen molar-refractivity contribution in [1.82, 2.24) is 4.98 Å². The Labute approximate surface area is 79.7 Å². The van der Waals surface area contributed by atoms with Gasteiger partial charge < -0.3 is 10.7 Å². The molecule has 4 heteroatoms. The number of nitrogens with one attached hydrogen (secondary N) is 1. The predicted molar refractivity (Wildman–Crippen MR) is 50.8 cm³/mol. The van der Waals surface area contributed by atoms with Crippen molar-refractivity contribution in [1.29, 1.82) is 0 Å². The first-order chi connectivity index (χ1) is 6.65. The number of H-pyrrole nitrogens is 1. The zero-order chi connectivity index (χ0) is 10.3. The summed E-state index contributed by atoms with van der Waals surface area (Å²) in [5, 5.41) is 0.269. The maximum Gasteiger partial charge on any atom is 0.147 e. The fraction of sp³-hybridized carbons (Fsp3) is 0.200. The summed E-state index contributed by atoms with van der Waals surface area (Å²) in [4.78, 5) is 2.79. The highest BCUT2D eigenvalue weighted by molar-refractivity contribution is 5.85. The highest BCUT2D eigenvalue weighted by atomic mass is 19.1. The quantitative estimate of drug-likeness (QED) is 0.721. The predicted octanol–water partition coefficient (Wildman–Crippen LogP) is 2.21. The van der Waals surface area contributed by atoms with Gasteiger partial charge in [-0.25, -0.2) is 8.78 Å². The molecular formula is C10H10F2N2. The van der Waals surface area contributed by atoms with Crippen LogP contribution in [0.2, 0.25) is 0 Å². The molecule has 1 aromatic carbocycles. The molecule has 0 fully saturated rings. The Morgan fingerprint density at radius 3 is 2.57 bits per heavy atom. The number of hydrogen-bond acceptors (Lipinski definition) is 1. The van der Waals surface area contributed by atoms with E-state index in [1.807, 2.05) is 0 Å². The Hall–Kier alpha value is -1.42. The van der Waals surface area contributed by atoms with Gasteiger partial charge in [0.05, 0.1) is 5.52 Å². The van der Waals surface area contributed by atoms with Crippen LogP contribution in [-0.2, 0) is 6.54 Å². The molecule has 0 bridgehead atoms. The minimum Gasteiger partial charge on any atom is -0.356 e. The maximum absolute atomic E-state index is 13.4. The van der Waals surface area contributed by atoms with E-state index in [2.05, 4.69) is 4.98 Å². The van der Waals surface area contributed by atoms with Gasteiger partial charge in [0.1, 0.15) is 11.6 Å². The van der Waals surface area contributed by atoms with Crippen LogP contribution in [0.1, 0.15) is 11.3 Å². The SMILES string of the molecule is Cc1[nH]c2c(F)ccc(F)c2c1CN. The maximum atomic E-state index is 13.4. The number of benzene rings is 1. The van der Waals surface area contributed by atoms with Crippen LogP contribution in [0.5, 0.6) is 0 Å². The minimum atomic E-state index is -0.454. The van der Waals surface area contributed by atoms with Gasteiger partial charge in [0.2, 0.25) is 0 Å². The number of aromatic amines is 1. The van der Waals surface area contributed by atoms with Gasteiger partial charge in [-0.3, -0.25) is 0 Å². The lowest BCUT2D eigenvalue weighted by Crippen LogP contribution is -1.97. The van der Waals surface area contributed by atoms with E-state index in [0.29, 0.717) is 11.3 Å². The van der Waals surface area contributed by atoms with Gasteiger partial charge in [-0.05, 0) is 24.6 Å². The van der Waals surface area contributed by atoms with E-state index in [1.54, 1.807) is 6.92 Å². The fourth-order valence-electron chi connectivity index (χ4n) is 1.67. The Kier molecular flexibility index (Phi) is 2.00. The summed E-state index contributed by atoms with van der Waals surface area (Å²) in [5.74, 6) is -0.893. The fourth-order valence-corrected chi connectivity index (χ4v) is 1.67. The van der Waals surface area contributed by atoms with Crippen LogP contribution in [0.3, 0.4) is 0 Å². The molecule has 74 valence electrons. The number of hydrogen-bond donors (Lipinski definition) is 2. The number of aromatic nitrogens is 1. The highest BCUT2D eigenvalue weighted by Gasteiger charge is 2.14. The van der Waals surface area contributed by atoms with Crippen LogP contribution in [-0.4, -0.2) is 4.98 Å². The molecule has 0 unspecified atom stereocenters. The second-order valence-electron chi connectivity index (χ2n) is 3.21. The lowest BCUT2D eigenvalue weighted by atomic mass is 10.1. The van der Waals surface area contributed by atoms with E-state index in [9.17, 15) is 8.78 Å². The summed E-state index contributed by atoms with van der Waals surface area (Å²) < 4.78 is 26.6. The number of aryl methyl sites for hydroxylation is 1. The summed E-state index contributed by atoms with van der Waals surface area (Å²) in [6.45, 7) is 1.95. The molecule has 14 heavy (non-hydrogen) atoms. The van der Waals surface area contributed by atoms with Crippen molar-refractivity contribution >= 4 is 10.9 Å². The van der Waals surface area contributed by atoms with Crippen molar-refractivity contribution in [3.8, 4) is 0 Å². The highest BCUT2D eigenvalue weighted by Crippen LogP contribution is 2.26. The van der Waals surface area contributed by atoms with Crippen molar-refractivity contribution in [3.05, 3.63) is 35.0 Å². The van der Waals surface area contributed by atoms with Gasteiger partial charge >= 0.3 is 0 Å². The van der Waals surface area contributed by atoms with Crippen molar-refractivity contribution < 1.29 is 8.78 Å². The minimum absolute atomic E-state index is 0.197. The number of rotatable bonds is 1. The molecule has 2 rings (SSSR count). The van der Waals surface area contributed by atoms with Gasteiger partial charge in [0, 0.05) is 17.6 Å². The zero-order valence-electron chi connectivity index (χ0n) is 7.70. The Morgan fingerprint density at radius 2 is 1.93 bits per heavy atom. The summed E-state index contributed by atoms with van der Waals surface area (Å²) in [6, 6.07) is 2.22. The molecule has 0 saturated carbocycles. The first kappa shape index (κ1) is 9.15. The van der Waals surface area contributed by atoms with E-state index in [0.717, 1.165) is 12.1 Å². The van der Waals surface area contributed by atoms with Gasteiger partial charge in [0.25, 0.3) is 0 Å². The van der Waals surface area contributed by atoms with E-state index in [1.165, 1.54) is 0 Å². The number of halogens is 2. The Morgan fingerprint density at radius 1 is 1.29 bits per heavy atom. The van der Waals surface area contributed by atoms with Crippen LogP contribution in [0.25, 0.3) is 10.9 Å². The van der Waals surface area contributed by atoms with Gasteiger partial charge in [-0.2, -0.15) is 0 Å². The normalized spacial score (nSPS) is 11.1. The van der Waals surface area contributed by atoms with Crippen LogP contribution in [0, 0.1) is 18.6 Å².